The van der Waals surface area contributed by atoms with Gasteiger partial charge in [0.15, 0.2) is 11.6 Å². The van der Waals surface area contributed by atoms with Crippen LogP contribution in [0.5, 0.6) is 0 Å². The maximum absolute atomic E-state index is 13.0. The van der Waals surface area contributed by atoms with Crippen LogP contribution in [0.1, 0.15) is 18.4 Å². The van der Waals surface area contributed by atoms with Gasteiger partial charge in [0, 0.05) is 17.9 Å². The van der Waals surface area contributed by atoms with Crippen LogP contribution < -0.4 is 0 Å². The van der Waals surface area contributed by atoms with Crippen molar-refractivity contribution in [3.8, 4) is 0 Å². The zero-order chi connectivity index (χ0) is 13.1. The van der Waals surface area contributed by atoms with Crippen molar-refractivity contribution in [3.63, 3.8) is 0 Å². The molecule has 0 bridgehead atoms. The Hall–Kier alpha value is -0.970. The molecule has 0 heterocycles. The van der Waals surface area contributed by atoms with E-state index in [2.05, 4.69) is 15.9 Å². The van der Waals surface area contributed by atoms with Crippen LogP contribution >= 0.6 is 15.9 Å². The van der Waals surface area contributed by atoms with Crippen molar-refractivity contribution in [2.75, 3.05) is 11.9 Å². The predicted molar refractivity (Wildman–Crippen MR) is 68.6 cm³/mol. The summed E-state index contributed by atoms with van der Waals surface area (Å²) < 4.78 is 25.8. The summed E-state index contributed by atoms with van der Waals surface area (Å²) in [6, 6.07) is 3.94. The number of nitrogens with zero attached hydrogens (tertiary/aromatic N) is 1. The van der Waals surface area contributed by atoms with Gasteiger partial charge in [-0.1, -0.05) is 22.0 Å². The van der Waals surface area contributed by atoms with E-state index in [1.54, 1.807) is 0 Å². The second kappa shape index (κ2) is 5.78. The lowest BCUT2D eigenvalue weighted by Gasteiger charge is -2.21. The summed E-state index contributed by atoms with van der Waals surface area (Å²) in [5.41, 5.74) is 0.513. The normalized spacial score (nSPS) is 14.6. The molecule has 0 aromatic heterocycles. The maximum Gasteiger partial charge on any atom is 0.227 e. The second-order valence-corrected chi connectivity index (χ2v) is 5.23. The second-order valence-electron chi connectivity index (χ2n) is 4.43. The minimum atomic E-state index is -0.904. The van der Waals surface area contributed by atoms with Gasteiger partial charge in [-0.25, -0.2) is 8.78 Å². The third-order valence-corrected chi connectivity index (χ3v) is 3.33. The average Bonchev–Trinajstić information content (AvgIpc) is 3.15. The Morgan fingerprint density at radius 1 is 1.33 bits per heavy atom. The van der Waals surface area contributed by atoms with Crippen molar-refractivity contribution in [1.29, 1.82) is 0 Å². The fourth-order valence-electron chi connectivity index (χ4n) is 1.91. The lowest BCUT2D eigenvalue weighted by Crippen LogP contribution is -2.35. The van der Waals surface area contributed by atoms with E-state index in [9.17, 15) is 13.6 Å². The summed E-state index contributed by atoms with van der Waals surface area (Å²) in [7, 11) is 0. The molecule has 5 heteroatoms. The van der Waals surface area contributed by atoms with Crippen LogP contribution in [0, 0.1) is 11.6 Å². The first-order valence-corrected chi connectivity index (χ1v) is 7.03. The van der Waals surface area contributed by atoms with Crippen molar-refractivity contribution in [2.45, 2.75) is 25.3 Å². The lowest BCUT2D eigenvalue weighted by atomic mass is 10.1. The van der Waals surface area contributed by atoms with Crippen LogP contribution in [0.2, 0.25) is 0 Å². The molecule has 18 heavy (non-hydrogen) atoms. The van der Waals surface area contributed by atoms with Crippen LogP contribution in [0.3, 0.4) is 0 Å². The van der Waals surface area contributed by atoms with Crippen molar-refractivity contribution in [3.05, 3.63) is 35.4 Å². The molecule has 0 N–H and O–H groups in total. The highest BCUT2D eigenvalue weighted by atomic mass is 79.9. The molecule has 0 atom stereocenters. The molecule has 2 rings (SSSR count). The van der Waals surface area contributed by atoms with Gasteiger partial charge in [-0.05, 0) is 30.5 Å². The number of rotatable bonds is 5. The van der Waals surface area contributed by atoms with Crippen LogP contribution in [0.25, 0.3) is 0 Å². The quantitative estimate of drug-likeness (QED) is 0.765. The highest BCUT2D eigenvalue weighted by Gasteiger charge is 2.31. The van der Waals surface area contributed by atoms with Crippen molar-refractivity contribution in [2.24, 2.45) is 0 Å². The lowest BCUT2D eigenvalue weighted by molar-refractivity contribution is -0.130. The van der Waals surface area contributed by atoms with Crippen LogP contribution in [-0.4, -0.2) is 28.7 Å². The third-order valence-electron chi connectivity index (χ3n) is 2.97. The smallest absolute Gasteiger partial charge is 0.227 e. The van der Waals surface area contributed by atoms with Gasteiger partial charge in [0.25, 0.3) is 0 Å². The number of alkyl halides is 1. The monoisotopic (exact) mass is 317 g/mol. The molecular weight excluding hydrogens is 304 g/mol. The number of hydrogen-bond donors (Lipinski definition) is 0. The van der Waals surface area contributed by atoms with Crippen molar-refractivity contribution in [1.82, 2.24) is 4.90 Å². The number of carbonyl (C=O) groups is 1. The summed E-state index contributed by atoms with van der Waals surface area (Å²) in [4.78, 5) is 13.9. The van der Waals surface area contributed by atoms with Gasteiger partial charge in [-0.3, -0.25) is 4.79 Å². The van der Waals surface area contributed by atoms with E-state index >= 15 is 0 Å². The SMILES string of the molecule is O=C(Cc1ccc(F)c(F)c1)N(CCBr)C1CC1. The summed E-state index contributed by atoms with van der Waals surface area (Å²) in [5.74, 6) is -1.81. The molecule has 1 aromatic carbocycles. The summed E-state index contributed by atoms with van der Waals surface area (Å²) in [6.45, 7) is 0.660. The van der Waals surface area contributed by atoms with E-state index in [4.69, 9.17) is 0 Å². The third kappa shape index (κ3) is 3.28. The fourth-order valence-corrected chi connectivity index (χ4v) is 2.30. The van der Waals surface area contributed by atoms with Gasteiger partial charge in [0.1, 0.15) is 0 Å². The van der Waals surface area contributed by atoms with Crippen molar-refractivity contribution < 1.29 is 13.6 Å². The van der Waals surface area contributed by atoms with E-state index in [0.29, 0.717) is 18.2 Å². The summed E-state index contributed by atoms with van der Waals surface area (Å²) in [6.07, 6.45) is 2.20. The Labute approximate surface area is 113 Å². The molecule has 1 saturated carbocycles. The maximum atomic E-state index is 13.0. The van der Waals surface area contributed by atoms with Crippen molar-refractivity contribution >= 4 is 21.8 Å². The Kier molecular flexibility index (Phi) is 4.32. The highest BCUT2D eigenvalue weighted by molar-refractivity contribution is 9.09. The Morgan fingerprint density at radius 3 is 2.61 bits per heavy atom. The average molecular weight is 318 g/mol. The van der Waals surface area contributed by atoms with Gasteiger partial charge in [0.2, 0.25) is 5.91 Å². The molecule has 1 aliphatic rings. The Bertz CT molecular complexity index is 449. The molecule has 2 nitrogen and oxygen atoms in total. The number of halogens is 3. The minimum Gasteiger partial charge on any atom is -0.339 e. The van der Waals surface area contributed by atoms with E-state index in [-0.39, 0.29) is 12.3 Å². The van der Waals surface area contributed by atoms with E-state index in [0.717, 1.165) is 30.3 Å². The zero-order valence-electron chi connectivity index (χ0n) is 9.83. The van der Waals surface area contributed by atoms with Gasteiger partial charge < -0.3 is 4.90 Å². The van der Waals surface area contributed by atoms with Crippen LogP contribution in [0.4, 0.5) is 8.78 Å². The fraction of sp³-hybridized carbons (Fsp3) is 0.462. The van der Waals surface area contributed by atoms with Gasteiger partial charge >= 0.3 is 0 Å². The molecule has 1 amide bonds. The van der Waals surface area contributed by atoms with Gasteiger partial charge in [-0.2, -0.15) is 0 Å². The highest BCUT2D eigenvalue weighted by Crippen LogP contribution is 2.27. The molecule has 0 aliphatic heterocycles. The van der Waals surface area contributed by atoms with E-state index < -0.39 is 11.6 Å². The largest absolute Gasteiger partial charge is 0.339 e. The molecule has 98 valence electrons. The minimum absolute atomic E-state index is 0.0250. The molecule has 1 aliphatic carbocycles. The number of carbonyl (C=O) groups excluding carboxylic acids is 1. The van der Waals surface area contributed by atoms with Crippen LogP contribution in [0.15, 0.2) is 18.2 Å². The predicted octanol–water partition coefficient (Wildman–Crippen LogP) is 2.89. The molecule has 0 radical (unpaired) electrons. The van der Waals surface area contributed by atoms with Gasteiger partial charge in [-0.15, -0.1) is 0 Å². The van der Waals surface area contributed by atoms with E-state index in [1.165, 1.54) is 6.07 Å². The van der Waals surface area contributed by atoms with Gasteiger partial charge in [0.05, 0.1) is 6.42 Å². The first-order valence-electron chi connectivity index (χ1n) is 5.91. The Balaban J connectivity index is 2.02. The standard InChI is InChI=1S/C13H14BrF2NO/c14-5-6-17(10-2-3-10)13(18)8-9-1-4-11(15)12(16)7-9/h1,4,7,10H,2-3,5-6,8H2. The summed E-state index contributed by atoms with van der Waals surface area (Å²) in [5, 5.41) is 0.729. The topological polar surface area (TPSA) is 20.3 Å². The first kappa shape index (κ1) is 13.5. The summed E-state index contributed by atoms with van der Waals surface area (Å²) >= 11 is 3.32. The molecule has 1 fully saturated rings. The molecule has 0 spiro atoms. The number of hydrogen-bond acceptors (Lipinski definition) is 1. The first-order chi connectivity index (χ1) is 8.61. The molecular formula is C13H14BrF2NO. The van der Waals surface area contributed by atoms with Crippen LogP contribution in [-0.2, 0) is 11.2 Å². The molecule has 0 unspecified atom stereocenters. The molecule has 0 saturated heterocycles. The zero-order valence-corrected chi connectivity index (χ0v) is 11.4. The van der Waals surface area contributed by atoms with E-state index in [1.807, 2.05) is 4.90 Å². The number of amides is 1. The molecule has 1 aromatic rings. The number of benzene rings is 1. The Morgan fingerprint density at radius 2 is 2.06 bits per heavy atom.